The lowest BCUT2D eigenvalue weighted by Gasteiger charge is -2.13. The molecule has 0 radical (unpaired) electrons. The van der Waals surface area contributed by atoms with Gasteiger partial charge in [0.1, 0.15) is 0 Å². The molecule has 0 spiro atoms. The molecule has 3 unspecified atom stereocenters. The molecular weight excluding hydrogens is 120 g/mol. The number of hydrogen-bond acceptors (Lipinski definition) is 0. The summed E-state index contributed by atoms with van der Waals surface area (Å²) in [5.74, 6) is 2.50. The lowest BCUT2D eigenvalue weighted by atomic mass is 9.93. The Hall–Kier alpha value is -0.260. The van der Waals surface area contributed by atoms with E-state index in [4.69, 9.17) is 0 Å². The standard InChI is InChI=1S/C10H18/c1-8-4-6-9(2)10(3)7-5-8/h4,6,8-10H,5,7H2,1-3H3. The molecule has 0 heteroatoms. The maximum Gasteiger partial charge on any atom is -0.0236 e. The van der Waals surface area contributed by atoms with Crippen molar-refractivity contribution in [2.24, 2.45) is 17.8 Å². The number of rotatable bonds is 0. The predicted octanol–water partition coefficient (Wildman–Crippen LogP) is 3.24. The zero-order chi connectivity index (χ0) is 7.56. The van der Waals surface area contributed by atoms with E-state index in [0.717, 1.165) is 17.8 Å². The Kier molecular flexibility index (Phi) is 2.53. The first kappa shape index (κ1) is 7.84. The molecule has 0 saturated carbocycles. The van der Waals surface area contributed by atoms with E-state index in [1.807, 2.05) is 0 Å². The van der Waals surface area contributed by atoms with Gasteiger partial charge in [-0.05, 0) is 30.6 Å². The molecule has 0 N–H and O–H groups in total. The Bertz CT molecular complexity index is 124. The lowest BCUT2D eigenvalue weighted by molar-refractivity contribution is 0.412. The van der Waals surface area contributed by atoms with Crippen molar-refractivity contribution < 1.29 is 0 Å². The molecule has 0 amide bonds. The largest absolute Gasteiger partial charge is 0.0854 e. The van der Waals surface area contributed by atoms with Crippen molar-refractivity contribution in [2.45, 2.75) is 33.6 Å². The SMILES string of the molecule is CC1C=CC(C)C(C)CC1. The fourth-order valence-corrected chi connectivity index (χ4v) is 1.44. The van der Waals surface area contributed by atoms with Gasteiger partial charge in [-0.25, -0.2) is 0 Å². The molecule has 0 aromatic rings. The third-order valence-electron chi connectivity index (χ3n) is 2.72. The molecule has 0 fully saturated rings. The minimum absolute atomic E-state index is 0.796. The Morgan fingerprint density at radius 1 is 1.00 bits per heavy atom. The van der Waals surface area contributed by atoms with Crippen molar-refractivity contribution in [3.05, 3.63) is 12.2 Å². The Morgan fingerprint density at radius 2 is 1.70 bits per heavy atom. The monoisotopic (exact) mass is 138 g/mol. The van der Waals surface area contributed by atoms with Crippen LogP contribution in [-0.4, -0.2) is 0 Å². The van der Waals surface area contributed by atoms with E-state index < -0.39 is 0 Å². The van der Waals surface area contributed by atoms with E-state index in [9.17, 15) is 0 Å². The van der Waals surface area contributed by atoms with Crippen LogP contribution >= 0.6 is 0 Å². The maximum atomic E-state index is 2.38. The summed E-state index contributed by atoms with van der Waals surface area (Å²) in [7, 11) is 0. The zero-order valence-corrected chi connectivity index (χ0v) is 7.30. The summed E-state index contributed by atoms with van der Waals surface area (Å²) in [6.07, 6.45) is 7.52. The van der Waals surface area contributed by atoms with Crippen LogP contribution in [0.25, 0.3) is 0 Å². The van der Waals surface area contributed by atoms with E-state index in [-0.39, 0.29) is 0 Å². The van der Waals surface area contributed by atoms with Crippen molar-refractivity contribution in [3.63, 3.8) is 0 Å². The van der Waals surface area contributed by atoms with Gasteiger partial charge in [0.05, 0.1) is 0 Å². The van der Waals surface area contributed by atoms with Crippen molar-refractivity contribution >= 4 is 0 Å². The fourth-order valence-electron chi connectivity index (χ4n) is 1.44. The molecule has 0 nitrogen and oxygen atoms in total. The second-order valence-electron chi connectivity index (χ2n) is 3.78. The smallest absolute Gasteiger partial charge is 0.0236 e. The van der Waals surface area contributed by atoms with Crippen LogP contribution in [0.1, 0.15) is 33.6 Å². The van der Waals surface area contributed by atoms with E-state index >= 15 is 0 Å². The van der Waals surface area contributed by atoms with Gasteiger partial charge in [-0.1, -0.05) is 32.9 Å². The molecule has 1 aliphatic carbocycles. The minimum atomic E-state index is 0.796. The minimum Gasteiger partial charge on any atom is -0.0854 e. The second-order valence-corrected chi connectivity index (χ2v) is 3.78. The number of hydrogen-bond donors (Lipinski definition) is 0. The van der Waals surface area contributed by atoms with E-state index in [1.54, 1.807) is 0 Å². The highest BCUT2D eigenvalue weighted by Gasteiger charge is 2.13. The molecule has 10 heavy (non-hydrogen) atoms. The van der Waals surface area contributed by atoms with E-state index in [1.165, 1.54) is 12.8 Å². The first-order valence-electron chi connectivity index (χ1n) is 4.38. The molecular formula is C10H18. The summed E-state index contributed by atoms with van der Waals surface area (Å²) in [6, 6.07) is 0. The van der Waals surface area contributed by atoms with Gasteiger partial charge in [-0.3, -0.25) is 0 Å². The number of allylic oxidation sites excluding steroid dienone is 2. The van der Waals surface area contributed by atoms with Crippen LogP contribution in [0, 0.1) is 17.8 Å². The summed E-state index contributed by atoms with van der Waals surface area (Å²) in [6.45, 7) is 6.98. The highest BCUT2D eigenvalue weighted by Crippen LogP contribution is 2.25. The van der Waals surface area contributed by atoms with Gasteiger partial charge in [-0.15, -0.1) is 0 Å². The Balaban J connectivity index is 2.53. The quantitative estimate of drug-likeness (QED) is 0.451. The van der Waals surface area contributed by atoms with Gasteiger partial charge in [0.2, 0.25) is 0 Å². The van der Waals surface area contributed by atoms with Crippen molar-refractivity contribution in [1.82, 2.24) is 0 Å². The molecule has 1 rings (SSSR count). The van der Waals surface area contributed by atoms with Gasteiger partial charge >= 0.3 is 0 Å². The summed E-state index contributed by atoms with van der Waals surface area (Å²) in [5, 5.41) is 0. The normalized spacial score (nSPS) is 41.3. The van der Waals surface area contributed by atoms with Crippen LogP contribution in [0.5, 0.6) is 0 Å². The Labute approximate surface area is 64.3 Å². The first-order chi connectivity index (χ1) is 4.70. The molecule has 0 aliphatic heterocycles. The van der Waals surface area contributed by atoms with Crippen LogP contribution in [0.4, 0.5) is 0 Å². The van der Waals surface area contributed by atoms with Crippen LogP contribution in [0.15, 0.2) is 12.2 Å². The van der Waals surface area contributed by atoms with Crippen molar-refractivity contribution in [3.8, 4) is 0 Å². The highest BCUT2D eigenvalue weighted by atomic mass is 14.2. The molecule has 58 valence electrons. The maximum absolute atomic E-state index is 2.38. The van der Waals surface area contributed by atoms with Crippen LogP contribution < -0.4 is 0 Å². The summed E-state index contributed by atoms with van der Waals surface area (Å²) >= 11 is 0. The molecule has 0 aromatic heterocycles. The van der Waals surface area contributed by atoms with Gasteiger partial charge in [-0.2, -0.15) is 0 Å². The van der Waals surface area contributed by atoms with Gasteiger partial charge in [0.25, 0.3) is 0 Å². The molecule has 0 bridgehead atoms. The van der Waals surface area contributed by atoms with Gasteiger partial charge in [0.15, 0.2) is 0 Å². The van der Waals surface area contributed by atoms with E-state index in [2.05, 4.69) is 32.9 Å². The fraction of sp³-hybridized carbons (Fsp3) is 0.800. The summed E-state index contributed by atoms with van der Waals surface area (Å²) < 4.78 is 0. The zero-order valence-electron chi connectivity index (χ0n) is 7.30. The topological polar surface area (TPSA) is 0 Å². The molecule has 1 aliphatic rings. The summed E-state index contributed by atoms with van der Waals surface area (Å²) in [4.78, 5) is 0. The summed E-state index contributed by atoms with van der Waals surface area (Å²) in [5.41, 5.74) is 0. The van der Waals surface area contributed by atoms with E-state index in [0.29, 0.717) is 0 Å². The Morgan fingerprint density at radius 3 is 2.40 bits per heavy atom. The lowest BCUT2D eigenvalue weighted by Crippen LogP contribution is -2.02. The van der Waals surface area contributed by atoms with Crippen LogP contribution in [0.3, 0.4) is 0 Å². The molecule has 3 atom stereocenters. The predicted molar refractivity (Wildman–Crippen MR) is 45.9 cm³/mol. The van der Waals surface area contributed by atoms with Crippen LogP contribution in [-0.2, 0) is 0 Å². The highest BCUT2D eigenvalue weighted by molar-refractivity contribution is 4.94. The molecule has 0 heterocycles. The second kappa shape index (κ2) is 3.23. The average Bonchev–Trinajstić information content (AvgIpc) is 2.04. The van der Waals surface area contributed by atoms with Gasteiger partial charge < -0.3 is 0 Å². The molecule has 0 aromatic carbocycles. The first-order valence-corrected chi connectivity index (χ1v) is 4.38. The van der Waals surface area contributed by atoms with Crippen molar-refractivity contribution in [2.75, 3.05) is 0 Å². The van der Waals surface area contributed by atoms with Gasteiger partial charge in [0, 0.05) is 0 Å². The van der Waals surface area contributed by atoms with Crippen molar-refractivity contribution in [1.29, 1.82) is 0 Å². The third-order valence-corrected chi connectivity index (χ3v) is 2.72. The molecule has 0 saturated heterocycles. The average molecular weight is 138 g/mol. The van der Waals surface area contributed by atoms with Crippen LogP contribution in [0.2, 0.25) is 0 Å². The third kappa shape index (κ3) is 1.86.